The number of hydrogen-bond acceptors (Lipinski definition) is 4. The summed E-state index contributed by atoms with van der Waals surface area (Å²) in [5.74, 6) is 0. The Morgan fingerprint density at radius 1 is 1.00 bits per heavy atom. The number of aromatic nitrogens is 2. The lowest BCUT2D eigenvalue weighted by atomic mass is 9.74. The minimum Gasteiger partial charge on any atom is -0.323 e. The van der Waals surface area contributed by atoms with Gasteiger partial charge in [0.05, 0.1) is 11.7 Å². The summed E-state index contributed by atoms with van der Waals surface area (Å²) in [7, 11) is 0. The Hall–Kier alpha value is -3.71. The average Bonchev–Trinajstić information content (AvgIpc) is 3.44. The van der Waals surface area contributed by atoms with E-state index in [-0.39, 0.29) is 23.0 Å². The first kappa shape index (κ1) is 24.6. The lowest BCUT2D eigenvalue weighted by Gasteiger charge is -2.46. The van der Waals surface area contributed by atoms with Crippen molar-refractivity contribution in [2.45, 2.75) is 38.1 Å². The monoisotopic (exact) mass is 509 g/mol. The summed E-state index contributed by atoms with van der Waals surface area (Å²) in [6.45, 7) is 3.68. The van der Waals surface area contributed by atoms with E-state index in [2.05, 4.69) is 32.2 Å². The van der Waals surface area contributed by atoms with Crippen LogP contribution in [0.1, 0.15) is 43.7 Å². The van der Waals surface area contributed by atoms with Gasteiger partial charge in [-0.2, -0.15) is 0 Å². The molecule has 196 valence electrons. The van der Waals surface area contributed by atoms with Gasteiger partial charge in [0, 0.05) is 56.0 Å². The number of rotatable bonds is 3. The number of hydrogen-bond donors (Lipinski definition) is 1. The van der Waals surface area contributed by atoms with Crippen LogP contribution in [0.15, 0.2) is 83.4 Å². The van der Waals surface area contributed by atoms with Crippen LogP contribution in [0.4, 0.5) is 4.79 Å². The second-order valence-electron chi connectivity index (χ2n) is 10.8. The van der Waals surface area contributed by atoms with Crippen LogP contribution in [0.5, 0.6) is 0 Å². The Bertz CT molecular complexity index is 1360. The van der Waals surface area contributed by atoms with E-state index in [9.17, 15) is 9.59 Å². The number of carbonyl (C=O) groups excluding carboxylic acids is 1. The first-order chi connectivity index (χ1) is 18.6. The molecule has 2 aliphatic heterocycles. The lowest BCUT2D eigenvalue weighted by Crippen LogP contribution is -2.56. The molecule has 1 N–H and O–H groups in total. The molecule has 3 heterocycles. The zero-order valence-electron chi connectivity index (χ0n) is 21.8. The summed E-state index contributed by atoms with van der Waals surface area (Å²) in [5, 5.41) is 3.46. The standard InChI is InChI=1S/C31H35N5O2/c37-29-19-27(24-9-3-1-4-10-24)33-23-35(29)21-26-13-17-34(22-31(26)14-7-8-15-31)30(38)36-18-16-32-20-28(36)25-11-5-2-6-12-25/h1-6,9-12,19,21,23,28,32H,7-8,13-18,20,22H2/b26-21-. The summed E-state index contributed by atoms with van der Waals surface area (Å²) in [5.41, 5.74) is 3.92. The van der Waals surface area contributed by atoms with Crippen LogP contribution in [0.3, 0.4) is 0 Å². The summed E-state index contributed by atoms with van der Waals surface area (Å²) < 4.78 is 1.63. The number of amides is 2. The minimum absolute atomic E-state index is 0.0432. The molecule has 7 heteroatoms. The molecular weight excluding hydrogens is 474 g/mol. The molecule has 1 saturated carbocycles. The third-order valence-electron chi connectivity index (χ3n) is 8.53. The van der Waals surface area contributed by atoms with E-state index in [1.807, 2.05) is 54.7 Å². The van der Waals surface area contributed by atoms with Crippen LogP contribution >= 0.6 is 0 Å². The van der Waals surface area contributed by atoms with Gasteiger partial charge in [0.15, 0.2) is 0 Å². The third-order valence-corrected chi connectivity index (χ3v) is 8.53. The van der Waals surface area contributed by atoms with Gasteiger partial charge >= 0.3 is 6.03 Å². The Labute approximate surface area is 223 Å². The van der Waals surface area contributed by atoms with Gasteiger partial charge in [-0.1, -0.05) is 73.5 Å². The van der Waals surface area contributed by atoms with Gasteiger partial charge in [-0.3, -0.25) is 9.36 Å². The zero-order valence-corrected chi connectivity index (χ0v) is 21.8. The van der Waals surface area contributed by atoms with Crippen molar-refractivity contribution in [1.29, 1.82) is 0 Å². The van der Waals surface area contributed by atoms with Gasteiger partial charge in [0.25, 0.3) is 5.56 Å². The number of carbonyl (C=O) groups is 1. The summed E-state index contributed by atoms with van der Waals surface area (Å²) in [6, 6.07) is 21.9. The summed E-state index contributed by atoms with van der Waals surface area (Å²) in [6.07, 6.45) is 8.84. The Morgan fingerprint density at radius 2 is 1.74 bits per heavy atom. The van der Waals surface area contributed by atoms with Gasteiger partial charge in [0.1, 0.15) is 6.33 Å². The van der Waals surface area contributed by atoms with E-state index in [1.54, 1.807) is 17.0 Å². The number of piperazine rings is 1. The van der Waals surface area contributed by atoms with Crippen LogP contribution < -0.4 is 10.9 Å². The van der Waals surface area contributed by atoms with E-state index < -0.39 is 0 Å². The number of piperidine rings is 1. The van der Waals surface area contributed by atoms with Crippen LogP contribution in [0, 0.1) is 5.41 Å². The topological polar surface area (TPSA) is 70.5 Å². The summed E-state index contributed by atoms with van der Waals surface area (Å²) in [4.78, 5) is 35.7. The van der Waals surface area contributed by atoms with Crippen molar-refractivity contribution < 1.29 is 4.79 Å². The second kappa shape index (κ2) is 10.6. The van der Waals surface area contributed by atoms with E-state index in [0.717, 1.165) is 50.8 Å². The van der Waals surface area contributed by atoms with Crippen LogP contribution in [-0.4, -0.2) is 58.1 Å². The lowest BCUT2D eigenvalue weighted by molar-refractivity contribution is 0.0944. The number of urea groups is 1. The minimum atomic E-state index is -0.0791. The van der Waals surface area contributed by atoms with Crippen molar-refractivity contribution in [3.63, 3.8) is 0 Å². The molecule has 1 aromatic heterocycles. The second-order valence-corrected chi connectivity index (χ2v) is 10.8. The van der Waals surface area contributed by atoms with Crippen LogP contribution in [-0.2, 0) is 0 Å². The molecule has 1 atom stereocenters. The Morgan fingerprint density at radius 3 is 2.47 bits per heavy atom. The molecule has 2 aromatic carbocycles. The number of likely N-dealkylation sites (tertiary alicyclic amines) is 1. The Kier molecular flexibility index (Phi) is 6.85. The zero-order chi connectivity index (χ0) is 26.0. The highest BCUT2D eigenvalue weighted by molar-refractivity contribution is 5.76. The number of nitrogens with zero attached hydrogens (tertiary/aromatic N) is 4. The van der Waals surface area contributed by atoms with E-state index in [0.29, 0.717) is 25.3 Å². The predicted octanol–water partition coefficient (Wildman–Crippen LogP) is 4.78. The molecule has 1 aliphatic carbocycles. The molecule has 38 heavy (non-hydrogen) atoms. The van der Waals surface area contributed by atoms with Crippen LogP contribution in [0.2, 0.25) is 0 Å². The molecule has 0 bridgehead atoms. The molecule has 3 fully saturated rings. The van der Waals surface area contributed by atoms with Gasteiger partial charge in [-0.25, -0.2) is 9.78 Å². The molecule has 2 saturated heterocycles. The van der Waals surface area contributed by atoms with Gasteiger partial charge < -0.3 is 15.1 Å². The quantitative estimate of drug-likeness (QED) is 0.552. The van der Waals surface area contributed by atoms with Crippen molar-refractivity contribution in [1.82, 2.24) is 24.7 Å². The number of benzene rings is 2. The number of nitrogens with one attached hydrogen (secondary N) is 1. The predicted molar refractivity (Wildman–Crippen MR) is 149 cm³/mol. The largest absolute Gasteiger partial charge is 0.323 e. The molecular formula is C31H35N5O2. The van der Waals surface area contributed by atoms with Gasteiger partial charge in [-0.15, -0.1) is 0 Å². The van der Waals surface area contributed by atoms with E-state index >= 15 is 0 Å². The SMILES string of the molecule is O=C(N1CC/C(=C/n2cnc(-c3ccccc3)cc2=O)C2(CCCC2)C1)N1CCNCC1c1ccccc1. The maximum atomic E-state index is 13.9. The van der Waals surface area contributed by atoms with Crippen molar-refractivity contribution in [2.75, 3.05) is 32.7 Å². The highest BCUT2D eigenvalue weighted by atomic mass is 16.2. The normalized spacial score (nSPS) is 22.2. The fourth-order valence-corrected chi connectivity index (χ4v) is 6.49. The van der Waals surface area contributed by atoms with Gasteiger partial charge in [0.2, 0.25) is 0 Å². The molecule has 0 radical (unpaired) electrons. The first-order valence-corrected chi connectivity index (χ1v) is 13.8. The highest BCUT2D eigenvalue weighted by Crippen LogP contribution is 2.48. The highest BCUT2D eigenvalue weighted by Gasteiger charge is 2.44. The molecule has 3 aliphatic rings. The van der Waals surface area contributed by atoms with Gasteiger partial charge in [-0.05, 0) is 30.4 Å². The fourth-order valence-electron chi connectivity index (χ4n) is 6.49. The Balaban J connectivity index is 1.24. The molecule has 1 spiro atoms. The van der Waals surface area contributed by atoms with Crippen molar-refractivity contribution in [3.8, 4) is 11.3 Å². The molecule has 7 nitrogen and oxygen atoms in total. The first-order valence-electron chi connectivity index (χ1n) is 13.8. The third kappa shape index (κ3) is 4.78. The smallest absolute Gasteiger partial charge is 0.320 e. The maximum Gasteiger partial charge on any atom is 0.320 e. The van der Waals surface area contributed by atoms with Crippen molar-refractivity contribution in [2.24, 2.45) is 5.41 Å². The molecule has 3 aromatic rings. The maximum absolute atomic E-state index is 13.9. The van der Waals surface area contributed by atoms with Crippen molar-refractivity contribution in [3.05, 3.63) is 94.5 Å². The molecule has 6 rings (SSSR count). The van der Waals surface area contributed by atoms with Crippen LogP contribution in [0.25, 0.3) is 17.5 Å². The average molecular weight is 510 g/mol. The van der Waals surface area contributed by atoms with Crippen molar-refractivity contribution >= 4 is 12.2 Å². The fraction of sp³-hybridized carbons (Fsp3) is 0.387. The molecule has 2 amide bonds. The summed E-state index contributed by atoms with van der Waals surface area (Å²) >= 11 is 0. The van der Waals surface area contributed by atoms with E-state index in [4.69, 9.17) is 0 Å². The van der Waals surface area contributed by atoms with E-state index in [1.165, 1.54) is 11.1 Å². The molecule has 1 unspecified atom stereocenters.